The number of carbonyl (C=O) groups excluding carboxylic acids is 1. The minimum absolute atomic E-state index is 0.0845. The van der Waals surface area contributed by atoms with Gasteiger partial charge in [-0.15, -0.1) is 11.3 Å². The van der Waals surface area contributed by atoms with E-state index in [4.69, 9.17) is 14.6 Å². The van der Waals surface area contributed by atoms with E-state index in [1.807, 2.05) is 25.1 Å². The summed E-state index contributed by atoms with van der Waals surface area (Å²) in [5.74, 6) is -0.832. The first-order valence-electron chi connectivity index (χ1n) is 6.57. The Morgan fingerprint density at radius 2 is 2.09 bits per heavy atom. The highest BCUT2D eigenvalue weighted by Gasteiger charge is 2.23. The number of carboxylic acid groups (broad SMARTS) is 1. The molecular weight excluding hydrogens is 306 g/mol. The van der Waals surface area contributed by atoms with E-state index in [1.165, 1.54) is 18.4 Å². The van der Waals surface area contributed by atoms with Gasteiger partial charge in [-0.3, -0.25) is 4.79 Å². The predicted molar refractivity (Wildman–Crippen MR) is 83.9 cm³/mol. The van der Waals surface area contributed by atoms with Gasteiger partial charge >= 0.3 is 5.97 Å². The molecule has 118 valence electrons. The molecule has 0 fully saturated rings. The number of aliphatic carboxylic acids is 1. The van der Waals surface area contributed by atoms with Crippen LogP contribution < -0.4 is 10.1 Å². The summed E-state index contributed by atoms with van der Waals surface area (Å²) in [5.41, 5.74) is 0.804. The molecule has 2 N–H and O–H groups in total. The third-order valence-corrected chi connectivity index (χ3v) is 4.56. The fourth-order valence-electron chi connectivity index (χ4n) is 2.11. The number of carbonyl (C=O) groups is 2. The largest absolute Gasteiger partial charge is 0.497 e. The van der Waals surface area contributed by atoms with Crippen LogP contribution in [0, 0.1) is 6.92 Å². The first-order chi connectivity index (χ1) is 10.5. The van der Waals surface area contributed by atoms with Crippen molar-refractivity contribution in [1.29, 1.82) is 0 Å². The Bertz CT molecular complexity index is 709. The number of amides is 1. The molecule has 0 spiro atoms. The van der Waals surface area contributed by atoms with E-state index < -0.39 is 17.9 Å². The number of methoxy groups -OCH3 is 2. The monoisotopic (exact) mass is 323 g/mol. The van der Waals surface area contributed by atoms with E-state index in [1.54, 1.807) is 7.11 Å². The average Bonchev–Trinajstić information content (AvgIpc) is 2.83. The normalized spacial score (nSPS) is 12.1. The molecule has 1 amide bonds. The lowest BCUT2D eigenvalue weighted by atomic mass is 10.1. The van der Waals surface area contributed by atoms with E-state index in [-0.39, 0.29) is 6.61 Å². The van der Waals surface area contributed by atoms with Gasteiger partial charge in [-0.05, 0) is 36.1 Å². The number of nitrogens with one attached hydrogen (secondary N) is 1. The quantitative estimate of drug-likeness (QED) is 0.850. The van der Waals surface area contributed by atoms with E-state index in [0.29, 0.717) is 10.6 Å². The lowest BCUT2D eigenvalue weighted by Crippen LogP contribution is -2.43. The number of fused-ring (bicyclic) bond motifs is 1. The van der Waals surface area contributed by atoms with Gasteiger partial charge in [0.15, 0.2) is 6.04 Å². The Morgan fingerprint density at radius 1 is 1.36 bits per heavy atom. The lowest BCUT2D eigenvalue weighted by Gasteiger charge is -2.12. The first kappa shape index (κ1) is 16.3. The van der Waals surface area contributed by atoms with Crippen LogP contribution in [0.4, 0.5) is 0 Å². The van der Waals surface area contributed by atoms with Gasteiger partial charge in [0.25, 0.3) is 5.91 Å². The maximum atomic E-state index is 12.3. The molecule has 1 aromatic carbocycles. The number of carboxylic acids is 1. The number of rotatable bonds is 6. The summed E-state index contributed by atoms with van der Waals surface area (Å²) < 4.78 is 10.9. The topological polar surface area (TPSA) is 84.9 Å². The van der Waals surface area contributed by atoms with Crippen LogP contribution in [0.5, 0.6) is 5.75 Å². The van der Waals surface area contributed by atoms with Gasteiger partial charge in [0.05, 0.1) is 18.6 Å². The number of benzene rings is 1. The Hall–Kier alpha value is -2.12. The maximum Gasteiger partial charge on any atom is 0.328 e. The minimum atomic E-state index is -1.13. The van der Waals surface area contributed by atoms with Crippen molar-refractivity contribution in [2.45, 2.75) is 13.0 Å². The fraction of sp³-hybridized carbons (Fsp3) is 0.333. The second-order valence-electron chi connectivity index (χ2n) is 4.74. The van der Waals surface area contributed by atoms with Crippen molar-refractivity contribution in [3.63, 3.8) is 0 Å². The molecule has 0 saturated carbocycles. The first-order valence-corrected chi connectivity index (χ1v) is 7.39. The Kier molecular flexibility index (Phi) is 4.99. The number of aryl methyl sites for hydroxylation is 1. The molecule has 7 heteroatoms. The molecule has 0 aliphatic rings. The van der Waals surface area contributed by atoms with E-state index >= 15 is 0 Å². The molecule has 1 unspecified atom stereocenters. The summed E-state index contributed by atoms with van der Waals surface area (Å²) in [6.45, 7) is 1.75. The van der Waals surface area contributed by atoms with Crippen molar-refractivity contribution in [3.8, 4) is 5.75 Å². The third-order valence-electron chi connectivity index (χ3n) is 3.29. The van der Waals surface area contributed by atoms with Gasteiger partial charge in [-0.1, -0.05) is 0 Å². The van der Waals surface area contributed by atoms with Crippen LogP contribution in [0.3, 0.4) is 0 Å². The van der Waals surface area contributed by atoms with Crippen LogP contribution in [-0.2, 0) is 9.53 Å². The molecule has 0 aliphatic heterocycles. The molecule has 2 rings (SSSR count). The zero-order chi connectivity index (χ0) is 16.3. The van der Waals surface area contributed by atoms with Gasteiger partial charge in [-0.25, -0.2) is 4.79 Å². The van der Waals surface area contributed by atoms with Gasteiger partial charge in [0, 0.05) is 11.8 Å². The second kappa shape index (κ2) is 6.76. The average molecular weight is 323 g/mol. The molecule has 1 heterocycles. The van der Waals surface area contributed by atoms with Crippen molar-refractivity contribution >= 4 is 33.3 Å². The Balaban J connectivity index is 2.31. The van der Waals surface area contributed by atoms with Gasteiger partial charge in [0.1, 0.15) is 5.75 Å². The molecule has 22 heavy (non-hydrogen) atoms. The van der Waals surface area contributed by atoms with Crippen LogP contribution in [0.15, 0.2) is 18.2 Å². The van der Waals surface area contributed by atoms with Crippen molar-refractivity contribution in [3.05, 3.63) is 28.6 Å². The number of ether oxygens (including phenoxy) is 2. The van der Waals surface area contributed by atoms with E-state index in [2.05, 4.69) is 5.32 Å². The highest BCUT2D eigenvalue weighted by molar-refractivity contribution is 7.21. The molecule has 0 bridgehead atoms. The second-order valence-corrected chi connectivity index (χ2v) is 5.79. The molecule has 0 aliphatic carbocycles. The third kappa shape index (κ3) is 3.20. The molecule has 1 atom stereocenters. The summed E-state index contributed by atoms with van der Waals surface area (Å²) >= 11 is 1.32. The molecule has 2 aromatic rings. The standard InChI is InChI=1S/C15H17NO5S/c1-8-10-6-9(21-3)4-5-12(10)22-13(8)14(17)16-11(7-20-2)15(18)19/h4-6,11H,7H2,1-3H3,(H,16,17)(H,18,19). The van der Waals surface area contributed by atoms with Crippen LogP contribution in [-0.4, -0.2) is 43.9 Å². The van der Waals surface area contributed by atoms with Crippen LogP contribution >= 0.6 is 11.3 Å². The van der Waals surface area contributed by atoms with E-state index in [0.717, 1.165) is 15.6 Å². The van der Waals surface area contributed by atoms with Crippen molar-refractivity contribution in [2.24, 2.45) is 0 Å². The molecule has 0 radical (unpaired) electrons. The van der Waals surface area contributed by atoms with Crippen LogP contribution in [0.2, 0.25) is 0 Å². The van der Waals surface area contributed by atoms with Gasteiger partial charge in [0.2, 0.25) is 0 Å². The summed E-state index contributed by atoms with van der Waals surface area (Å²) in [6, 6.07) is 4.50. The Labute approximate surface area is 131 Å². The molecule has 6 nitrogen and oxygen atoms in total. The SMILES string of the molecule is COCC(NC(=O)c1sc2ccc(OC)cc2c1C)C(=O)O. The zero-order valence-electron chi connectivity index (χ0n) is 12.5. The van der Waals surface area contributed by atoms with Gasteiger partial charge in [-0.2, -0.15) is 0 Å². The summed E-state index contributed by atoms with van der Waals surface area (Å²) in [5, 5.41) is 12.5. The number of hydrogen-bond acceptors (Lipinski definition) is 5. The van der Waals surface area contributed by atoms with Crippen LogP contribution in [0.25, 0.3) is 10.1 Å². The molecular formula is C15H17NO5S. The summed E-state index contributed by atoms with van der Waals surface area (Å²) in [4.78, 5) is 23.9. The smallest absolute Gasteiger partial charge is 0.328 e. The fourth-order valence-corrected chi connectivity index (χ4v) is 3.20. The van der Waals surface area contributed by atoms with Crippen molar-refractivity contribution in [1.82, 2.24) is 5.32 Å². The highest BCUT2D eigenvalue weighted by atomic mass is 32.1. The minimum Gasteiger partial charge on any atom is -0.497 e. The van der Waals surface area contributed by atoms with E-state index in [9.17, 15) is 9.59 Å². The summed E-state index contributed by atoms with van der Waals surface area (Å²) in [6.07, 6.45) is 0. The summed E-state index contributed by atoms with van der Waals surface area (Å²) in [7, 11) is 2.97. The molecule has 1 aromatic heterocycles. The number of thiophene rings is 1. The molecule has 0 saturated heterocycles. The highest BCUT2D eigenvalue weighted by Crippen LogP contribution is 2.33. The maximum absolute atomic E-state index is 12.3. The Morgan fingerprint density at radius 3 is 2.68 bits per heavy atom. The van der Waals surface area contributed by atoms with Gasteiger partial charge < -0.3 is 19.9 Å². The lowest BCUT2D eigenvalue weighted by molar-refractivity contribution is -0.140. The van der Waals surface area contributed by atoms with Crippen molar-refractivity contribution in [2.75, 3.05) is 20.8 Å². The predicted octanol–water partition coefficient (Wildman–Crippen LogP) is 2.05. The number of hydrogen-bond donors (Lipinski definition) is 2. The van der Waals surface area contributed by atoms with Crippen molar-refractivity contribution < 1.29 is 24.2 Å². The zero-order valence-corrected chi connectivity index (χ0v) is 13.3. The van der Waals surface area contributed by atoms with Crippen LogP contribution in [0.1, 0.15) is 15.2 Å².